The molecule has 0 bridgehead atoms. The average molecular weight is 895 g/mol. The first-order valence-corrected chi connectivity index (χ1v) is 20.0. The molecule has 1 amide bonds. The monoisotopic (exact) mass is 894 g/mol. The number of hydrogen-bond acceptors (Lipinski definition) is 20. The average Bonchev–Trinajstić information content (AvgIpc) is 3.78. The Hall–Kier alpha value is -5.41. The van der Waals surface area contributed by atoms with Gasteiger partial charge in [0.1, 0.15) is 11.2 Å². The van der Waals surface area contributed by atoms with E-state index in [0.717, 1.165) is 21.0 Å². The van der Waals surface area contributed by atoms with Crippen LogP contribution in [0, 0.1) is 12.8 Å². The van der Waals surface area contributed by atoms with Gasteiger partial charge in [0.25, 0.3) is 11.1 Å². The van der Waals surface area contributed by atoms with E-state index in [9.17, 15) is 43.8 Å². The normalized spacial score (nSPS) is 22.3. The van der Waals surface area contributed by atoms with Crippen LogP contribution >= 0.6 is 0 Å². The summed E-state index contributed by atoms with van der Waals surface area (Å²) in [5, 5.41) is 22.7. The molecule has 0 unspecified atom stereocenters. The van der Waals surface area contributed by atoms with Gasteiger partial charge in [-0.25, -0.2) is 9.78 Å². The number of esters is 3. The standard InChI is InChI=1S/C38H54N8O17/c1-21(2)31(52)41-35-40-30-27(33(54)42-35)39-20-46(30)34-28(60-23(4)49)29(61-24(5)50)38(63-34,13-26(51)56-6)19-59-12-11-58-10-9-57-8-7-44-15-25(62-37(16-44,17-47)18-48)45-14-22(3)32(53)43-36(45)55/h14,20-21,25,28-29,34,47-48H,7-13,15-19H2,1-6H3,(H,43,53,55)(H2,40,41,42,52,54)/t25-,28-,29+,34-,38-/m1/s1. The zero-order chi connectivity index (χ0) is 46.1. The van der Waals surface area contributed by atoms with Crippen molar-refractivity contribution in [3.8, 4) is 0 Å². The summed E-state index contributed by atoms with van der Waals surface area (Å²) in [5.41, 5.74) is -5.13. The Morgan fingerprint density at radius 2 is 1.60 bits per heavy atom. The minimum absolute atomic E-state index is 0.0322. The summed E-state index contributed by atoms with van der Waals surface area (Å²) in [6, 6.07) is 0. The minimum atomic E-state index is -1.84. The van der Waals surface area contributed by atoms with E-state index in [4.69, 9.17) is 37.9 Å². The number of rotatable bonds is 21. The first-order chi connectivity index (χ1) is 29.9. The number of imidazole rings is 1. The van der Waals surface area contributed by atoms with Crippen molar-refractivity contribution < 1.29 is 67.3 Å². The quantitative estimate of drug-likeness (QED) is 0.0433. The van der Waals surface area contributed by atoms with Crippen LogP contribution in [-0.4, -0.2) is 171 Å². The highest BCUT2D eigenvalue weighted by Crippen LogP contribution is 2.44. The Kier molecular flexibility index (Phi) is 16.4. The zero-order valence-electron chi connectivity index (χ0n) is 35.8. The number of H-pyrrole nitrogens is 2. The number of aryl methyl sites for hydroxylation is 1. The first-order valence-electron chi connectivity index (χ1n) is 20.0. The minimum Gasteiger partial charge on any atom is -0.469 e. The molecule has 25 heteroatoms. The van der Waals surface area contributed by atoms with Gasteiger partial charge < -0.3 is 48.1 Å². The van der Waals surface area contributed by atoms with Crippen molar-refractivity contribution >= 4 is 40.9 Å². The second kappa shape index (κ2) is 21.3. The molecular formula is C38H54N8O17. The Balaban J connectivity index is 1.21. The highest BCUT2D eigenvalue weighted by Gasteiger charge is 2.61. The Morgan fingerprint density at radius 1 is 0.937 bits per heavy atom. The first kappa shape index (κ1) is 48.6. The fraction of sp³-hybridized carbons (Fsp3) is 0.658. The van der Waals surface area contributed by atoms with Crippen LogP contribution in [0.25, 0.3) is 11.2 Å². The maximum Gasteiger partial charge on any atom is 0.330 e. The number of nitrogens with zero attached hydrogens (tertiary/aromatic N) is 5. The smallest absolute Gasteiger partial charge is 0.330 e. The molecule has 63 heavy (non-hydrogen) atoms. The number of aliphatic hydroxyl groups is 2. The van der Waals surface area contributed by atoms with E-state index in [1.165, 1.54) is 28.6 Å². The number of amides is 1. The number of fused-ring (bicyclic) bond motifs is 1. The van der Waals surface area contributed by atoms with E-state index in [1.807, 2.05) is 4.90 Å². The van der Waals surface area contributed by atoms with Crippen LogP contribution in [0.1, 0.15) is 52.1 Å². The molecule has 0 aromatic carbocycles. The van der Waals surface area contributed by atoms with E-state index in [1.54, 1.807) is 13.8 Å². The van der Waals surface area contributed by atoms with E-state index in [-0.39, 0.29) is 68.8 Å². The molecule has 0 saturated carbocycles. The molecule has 5 heterocycles. The van der Waals surface area contributed by atoms with Crippen LogP contribution in [0.15, 0.2) is 26.9 Å². The van der Waals surface area contributed by atoms with Gasteiger partial charge in [0.15, 0.2) is 35.8 Å². The number of carbonyl (C=O) groups is 4. The predicted octanol–water partition coefficient (Wildman–Crippen LogP) is -2.13. The van der Waals surface area contributed by atoms with Gasteiger partial charge in [0, 0.05) is 51.2 Å². The third kappa shape index (κ3) is 11.8. The fourth-order valence-electron chi connectivity index (χ4n) is 7.04. The van der Waals surface area contributed by atoms with E-state index in [0.29, 0.717) is 6.54 Å². The molecule has 5 rings (SSSR count). The topological polar surface area (TPSA) is 316 Å². The molecule has 3 aromatic rings. The van der Waals surface area contributed by atoms with Crippen molar-refractivity contribution in [2.24, 2.45) is 5.92 Å². The van der Waals surface area contributed by atoms with Crippen molar-refractivity contribution in [2.45, 2.75) is 76.9 Å². The summed E-state index contributed by atoms with van der Waals surface area (Å²) in [6.45, 7) is 6.73. The molecule has 2 aliphatic heterocycles. The highest BCUT2D eigenvalue weighted by molar-refractivity contribution is 5.91. The van der Waals surface area contributed by atoms with Crippen LogP contribution in [-0.2, 0) is 57.1 Å². The number of aliphatic hydroxyl groups excluding tert-OH is 2. The van der Waals surface area contributed by atoms with Gasteiger partial charge in [-0.1, -0.05) is 13.8 Å². The zero-order valence-corrected chi connectivity index (χ0v) is 35.8. The summed E-state index contributed by atoms with van der Waals surface area (Å²) < 4.78 is 48.5. The number of aromatic nitrogens is 6. The predicted molar refractivity (Wildman–Crippen MR) is 214 cm³/mol. The lowest BCUT2D eigenvalue weighted by Gasteiger charge is -2.44. The molecule has 5 atom stereocenters. The lowest BCUT2D eigenvalue weighted by Crippen LogP contribution is -2.59. The van der Waals surface area contributed by atoms with Gasteiger partial charge in [-0.05, 0) is 6.92 Å². The van der Waals surface area contributed by atoms with Crippen molar-refractivity contribution in [1.82, 2.24) is 34.0 Å². The van der Waals surface area contributed by atoms with Crippen LogP contribution in [0.4, 0.5) is 5.95 Å². The molecule has 2 aliphatic rings. The van der Waals surface area contributed by atoms with Crippen LogP contribution in [0.2, 0.25) is 0 Å². The lowest BCUT2D eigenvalue weighted by molar-refractivity contribution is -0.215. The molecule has 3 aromatic heterocycles. The molecule has 0 aliphatic carbocycles. The summed E-state index contributed by atoms with van der Waals surface area (Å²) in [6.07, 6.45) is -3.24. The number of methoxy groups -OCH3 is 1. The number of ether oxygens (including phenoxy) is 8. The molecule has 0 spiro atoms. The number of nitrogens with one attached hydrogen (secondary N) is 3. The van der Waals surface area contributed by atoms with E-state index < -0.39 is 109 Å². The van der Waals surface area contributed by atoms with Crippen molar-refractivity contribution in [3.05, 3.63) is 49.3 Å². The molecule has 0 radical (unpaired) electrons. The maximum absolute atomic E-state index is 13.0. The van der Waals surface area contributed by atoms with Gasteiger partial charge >= 0.3 is 23.6 Å². The van der Waals surface area contributed by atoms with Gasteiger partial charge in [-0.2, -0.15) is 4.98 Å². The SMILES string of the molecule is COC(=O)C[C@]1(COCCOCCOCCN2C[C@H](n3cc(C)c(=O)[nH]c3=O)OC(CO)(CO)C2)O[C@@H](n2cnc3c(=O)[nH]c(NC(=O)C(C)C)nc32)[C@H](OC(C)=O)[C@@H]1OC(C)=O. The van der Waals surface area contributed by atoms with Crippen LogP contribution in [0.3, 0.4) is 0 Å². The van der Waals surface area contributed by atoms with Gasteiger partial charge in [-0.3, -0.25) is 58.1 Å². The maximum atomic E-state index is 13.0. The summed E-state index contributed by atoms with van der Waals surface area (Å²) in [4.78, 5) is 103. The third-order valence-electron chi connectivity index (χ3n) is 10.2. The van der Waals surface area contributed by atoms with Gasteiger partial charge in [0.05, 0.1) is 72.7 Å². The number of carbonyl (C=O) groups excluding carboxylic acids is 4. The molecule has 348 valence electrons. The number of hydrogen-bond donors (Lipinski definition) is 5. The second-order valence-corrected chi connectivity index (χ2v) is 15.4. The van der Waals surface area contributed by atoms with Crippen molar-refractivity contribution in [2.75, 3.05) is 84.9 Å². The Labute approximate surface area is 358 Å². The van der Waals surface area contributed by atoms with E-state index >= 15 is 0 Å². The largest absolute Gasteiger partial charge is 0.469 e. The Bertz CT molecular complexity index is 2270. The molecule has 5 N–H and O–H groups in total. The highest BCUT2D eigenvalue weighted by atomic mass is 16.7. The number of aromatic amines is 2. The number of morpholine rings is 1. The Morgan fingerprint density at radius 3 is 2.24 bits per heavy atom. The van der Waals surface area contributed by atoms with E-state index in [2.05, 4.69) is 25.3 Å². The van der Waals surface area contributed by atoms with Gasteiger partial charge in [0.2, 0.25) is 11.9 Å². The van der Waals surface area contributed by atoms with Gasteiger partial charge in [-0.15, -0.1) is 0 Å². The number of anilines is 1. The van der Waals surface area contributed by atoms with Crippen molar-refractivity contribution in [3.63, 3.8) is 0 Å². The van der Waals surface area contributed by atoms with Crippen LogP contribution < -0.4 is 22.1 Å². The summed E-state index contributed by atoms with van der Waals surface area (Å²) in [5.74, 6) is -3.49. The van der Waals surface area contributed by atoms with Crippen LogP contribution in [0.5, 0.6) is 0 Å². The fourth-order valence-corrected chi connectivity index (χ4v) is 7.04. The molecular weight excluding hydrogens is 840 g/mol. The molecule has 2 saturated heterocycles. The summed E-state index contributed by atoms with van der Waals surface area (Å²) in [7, 11) is 1.14. The molecule has 25 nitrogen and oxygen atoms in total. The third-order valence-corrected chi connectivity index (χ3v) is 10.2. The second-order valence-electron chi connectivity index (χ2n) is 15.4. The lowest BCUT2D eigenvalue weighted by atomic mass is 9.91. The van der Waals surface area contributed by atoms with Crippen molar-refractivity contribution in [1.29, 1.82) is 0 Å². The molecule has 2 fully saturated rings. The summed E-state index contributed by atoms with van der Waals surface area (Å²) >= 11 is 0.